The molecule has 5 nitrogen and oxygen atoms in total. The summed E-state index contributed by atoms with van der Waals surface area (Å²) in [5, 5.41) is 8.16. The maximum absolute atomic E-state index is 12.9. The molecule has 0 aliphatic carbocycles. The predicted molar refractivity (Wildman–Crippen MR) is 110 cm³/mol. The number of rotatable bonds is 5. The molecule has 1 saturated heterocycles. The average Bonchev–Trinajstić information content (AvgIpc) is 3.21. The van der Waals surface area contributed by atoms with Crippen molar-refractivity contribution in [3.63, 3.8) is 0 Å². The molecule has 27 heavy (non-hydrogen) atoms. The summed E-state index contributed by atoms with van der Waals surface area (Å²) in [5.41, 5.74) is 0.770. The van der Waals surface area contributed by atoms with Gasteiger partial charge in [-0.3, -0.25) is 4.79 Å². The van der Waals surface area contributed by atoms with E-state index in [1.807, 2.05) is 41.8 Å². The van der Waals surface area contributed by atoms with Gasteiger partial charge in [-0.1, -0.05) is 38.1 Å². The standard InChI is InChI=1S/C21H27N3O2S/c1-15(2)19(18-11-7-13-27-18)23-20(25)16-8-6-12-24(14-16)21(26)22-17-9-4-3-5-10-17/h3-5,7,9-11,13,15-16,19H,6,8,12,14H2,1-2H3,(H,22,26)(H,23,25)/t16-,19-/m0/s1. The van der Waals surface area contributed by atoms with Gasteiger partial charge in [0.15, 0.2) is 0 Å². The number of nitrogens with one attached hydrogen (secondary N) is 2. The van der Waals surface area contributed by atoms with Gasteiger partial charge >= 0.3 is 6.03 Å². The van der Waals surface area contributed by atoms with E-state index >= 15 is 0 Å². The second-order valence-corrected chi connectivity index (χ2v) is 8.31. The van der Waals surface area contributed by atoms with Crippen molar-refractivity contribution in [2.45, 2.75) is 32.7 Å². The molecular weight excluding hydrogens is 358 g/mol. The molecule has 0 radical (unpaired) electrons. The molecule has 3 amide bonds. The fourth-order valence-electron chi connectivity index (χ4n) is 3.41. The Bertz CT molecular complexity index is 746. The third-order valence-corrected chi connectivity index (χ3v) is 5.87. The molecule has 1 fully saturated rings. The quantitative estimate of drug-likeness (QED) is 0.796. The number of hydrogen-bond acceptors (Lipinski definition) is 3. The van der Waals surface area contributed by atoms with Gasteiger partial charge in [0.1, 0.15) is 0 Å². The molecule has 0 bridgehead atoms. The van der Waals surface area contributed by atoms with Crippen molar-refractivity contribution in [3.05, 3.63) is 52.7 Å². The van der Waals surface area contributed by atoms with Crippen molar-refractivity contribution in [2.75, 3.05) is 18.4 Å². The van der Waals surface area contributed by atoms with E-state index in [-0.39, 0.29) is 23.9 Å². The summed E-state index contributed by atoms with van der Waals surface area (Å²) in [6.45, 7) is 5.37. The molecule has 2 heterocycles. The van der Waals surface area contributed by atoms with E-state index in [9.17, 15) is 9.59 Å². The molecule has 6 heteroatoms. The van der Waals surface area contributed by atoms with E-state index in [4.69, 9.17) is 0 Å². The second kappa shape index (κ2) is 9.04. The highest BCUT2D eigenvalue weighted by molar-refractivity contribution is 7.10. The molecule has 2 aromatic rings. The summed E-state index contributed by atoms with van der Waals surface area (Å²) in [6.07, 6.45) is 1.65. The normalized spacial score (nSPS) is 18.2. The van der Waals surface area contributed by atoms with Gasteiger partial charge in [0, 0.05) is 23.7 Å². The lowest BCUT2D eigenvalue weighted by Gasteiger charge is -2.33. The van der Waals surface area contributed by atoms with E-state index in [1.165, 1.54) is 4.88 Å². The number of benzene rings is 1. The van der Waals surface area contributed by atoms with Gasteiger partial charge in [0.25, 0.3) is 0 Å². The predicted octanol–water partition coefficient (Wildman–Crippen LogP) is 4.51. The highest BCUT2D eigenvalue weighted by Crippen LogP contribution is 2.27. The van der Waals surface area contributed by atoms with Crippen LogP contribution in [0, 0.1) is 11.8 Å². The molecule has 2 N–H and O–H groups in total. The first kappa shape index (κ1) is 19.4. The number of anilines is 1. The Morgan fingerprint density at radius 2 is 1.93 bits per heavy atom. The minimum atomic E-state index is -0.165. The fourth-order valence-corrected chi connectivity index (χ4v) is 4.35. The minimum Gasteiger partial charge on any atom is -0.348 e. The molecule has 144 valence electrons. The molecule has 1 aliphatic rings. The Morgan fingerprint density at radius 1 is 1.15 bits per heavy atom. The van der Waals surface area contributed by atoms with Crippen molar-refractivity contribution in [2.24, 2.45) is 11.8 Å². The van der Waals surface area contributed by atoms with Crippen LogP contribution in [0.2, 0.25) is 0 Å². The van der Waals surface area contributed by atoms with Crippen LogP contribution < -0.4 is 10.6 Å². The van der Waals surface area contributed by atoms with Gasteiger partial charge in [-0.15, -0.1) is 11.3 Å². The maximum Gasteiger partial charge on any atom is 0.321 e. The molecule has 1 aliphatic heterocycles. The first-order chi connectivity index (χ1) is 13.0. The zero-order valence-electron chi connectivity index (χ0n) is 15.9. The van der Waals surface area contributed by atoms with Crippen molar-refractivity contribution in [1.82, 2.24) is 10.2 Å². The van der Waals surface area contributed by atoms with E-state index in [2.05, 4.69) is 30.5 Å². The molecule has 2 atom stereocenters. The van der Waals surface area contributed by atoms with E-state index in [1.54, 1.807) is 16.2 Å². The molecule has 0 spiro atoms. The first-order valence-corrected chi connectivity index (χ1v) is 10.4. The van der Waals surface area contributed by atoms with Crippen molar-refractivity contribution in [3.8, 4) is 0 Å². The van der Waals surface area contributed by atoms with Crippen molar-refractivity contribution >= 4 is 29.0 Å². The number of piperidine rings is 1. The summed E-state index contributed by atoms with van der Waals surface area (Å²) in [6, 6.07) is 13.4. The van der Waals surface area contributed by atoms with Crippen LogP contribution in [0.4, 0.5) is 10.5 Å². The molecule has 1 aromatic heterocycles. The highest BCUT2D eigenvalue weighted by Gasteiger charge is 2.30. The van der Waals surface area contributed by atoms with Crippen LogP contribution in [0.1, 0.15) is 37.6 Å². The SMILES string of the molecule is CC(C)[C@H](NC(=O)[C@H]1CCCN(C(=O)Nc2ccccc2)C1)c1cccs1. The second-order valence-electron chi connectivity index (χ2n) is 7.33. The van der Waals surface area contributed by atoms with Crippen LogP contribution in [0.3, 0.4) is 0 Å². The number of urea groups is 1. The Hall–Kier alpha value is -2.34. The molecular formula is C21H27N3O2S. The Kier molecular flexibility index (Phi) is 6.50. The fraction of sp³-hybridized carbons (Fsp3) is 0.429. The van der Waals surface area contributed by atoms with Crippen LogP contribution in [-0.4, -0.2) is 29.9 Å². The van der Waals surface area contributed by atoms with Crippen LogP contribution >= 0.6 is 11.3 Å². The topological polar surface area (TPSA) is 61.4 Å². The lowest BCUT2D eigenvalue weighted by molar-refractivity contribution is -0.127. The van der Waals surface area contributed by atoms with Crippen LogP contribution in [0.25, 0.3) is 0 Å². The number of amides is 3. The third kappa shape index (κ3) is 5.10. The third-order valence-electron chi connectivity index (χ3n) is 4.92. The van der Waals surface area contributed by atoms with Gasteiger partial charge in [-0.05, 0) is 42.3 Å². The summed E-state index contributed by atoms with van der Waals surface area (Å²) in [5.74, 6) is 0.189. The van der Waals surface area contributed by atoms with Gasteiger partial charge in [0.2, 0.25) is 5.91 Å². The average molecular weight is 386 g/mol. The van der Waals surface area contributed by atoms with Crippen LogP contribution in [-0.2, 0) is 4.79 Å². The zero-order chi connectivity index (χ0) is 19.2. The number of carbonyl (C=O) groups is 2. The number of thiophene rings is 1. The lowest BCUT2D eigenvalue weighted by atomic mass is 9.95. The number of hydrogen-bond donors (Lipinski definition) is 2. The molecule has 0 unspecified atom stereocenters. The number of carbonyl (C=O) groups excluding carboxylic acids is 2. The Balaban J connectivity index is 1.59. The zero-order valence-corrected chi connectivity index (χ0v) is 16.7. The first-order valence-electron chi connectivity index (χ1n) is 9.49. The van der Waals surface area contributed by atoms with Gasteiger partial charge < -0.3 is 15.5 Å². The minimum absolute atomic E-state index is 0.0195. The van der Waals surface area contributed by atoms with Crippen LogP contribution in [0.15, 0.2) is 47.8 Å². The summed E-state index contributed by atoms with van der Waals surface area (Å²) in [7, 11) is 0. The van der Waals surface area contributed by atoms with Gasteiger partial charge in [-0.2, -0.15) is 0 Å². The largest absolute Gasteiger partial charge is 0.348 e. The number of nitrogens with zero attached hydrogens (tertiary/aromatic N) is 1. The molecule has 0 saturated carbocycles. The Morgan fingerprint density at radius 3 is 2.59 bits per heavy atom. The Labute approximate surface area is 164 Å². The van der Waals surface area contributed by atoms with Crippen LogP contribution in [0.5, 0.6) is 0 Å². The lowest BCUT2D eigenvalue weighted by Crippen LogP contribution is -2.47. The highest BCUT2D eigenvalue weighted by atomic mass is 32.1. The smallest absolute Gasteiger partial charge is 0.321 e. The summed E-state index contributed by atoms with van der Waals surface area (Å²) >= 11 is 1.67. The molecule has 1 aromatic carbocycles. The van der Waals surface area contributed by atoms with Gasteiger partial charge in [-0.25, -0.2) is 4.79 Å². The van der Waals surface area contributed by atoms with Crippen molar-refractivity contribution < 1.29 is 9.59 Å². The van der Waals surface area contributed by atoms with E-state index in [0.29, 0.717) is 19.0 Å². The summed E-state index contributed by atoms with van der Waals surface area (Å²) in [4.78, 5) is 28.3. The summed E-state index contributed by atoms with van der Waals surface area (Å²) < 4.78 is 0. The monoisotopic (exact) mass is 385 g/mol. The molecule has 3 rings (SSSR count). The van der Waals surface area contributed by atoms with E-state index < -0.39 is 0 Å². The maximum atomic E-state index is 12.9. The number of likely N-dealkylation sites (tertiary alicyclic amines) is 1. The number of para-hydroxylation sites is 1. The van der Waals surface area contributed by atoms with Gasteiger partial charge in [0.05, 0.1) is 12.0 Å². The van der Waals surface area contributed by atoms with E-state index in [0.717, 1.165) is 18.5 Å². The van der Waals surface area contributed by atoms with Crippen molar-refractivity contribution in [1.29, 1.82) is 0 Å².